The van der Waals surface area contributed by atoms with E-state index in [1.54, 1.807) is 0 Å². The maximum Gasteiger partial charge on any atom is 0.387 e. The Morgan fingerprint density at radius 2 is 1.77 bits per heavy atom. The number of benzene rings is 2. The predicted octanol–water partition coefficient (Wildman–Crippen LogP) is 3.89. The van der Waals surface area contributed by atoms with Crippen LogP contribution in [-0.2, 0) is 4.79 Å². The van der Waals surface area contributed by atoms with Gasteiger partial charge in [0.15, 0.2) is 0 Å². The number of carbonyl (C=O) groups is 3. The van der Waals surface area contributed by atoms with Crippen molar-refractivity contribution in [3.05, 3.63) is 70.4 Å². The van der Waals surface area contributed by atoms with E-state index in [1.807, 2.05) is 0 Å². The van der Waals surface area contributed by atoms with Gasteiger partial charge >= 0.3 is 6.61 Å². The molecule has 1 fully saturated rings. The van der Waals surface area contributed by atoms with Crippen LogP contribution in [0.2, 0.25) is 0 Å². The number of nitrogens with zero attached hydrogens (tertiary/aromatic N) is 1. The van der Waals surface area contributed by atoms with Crippen LogP contribution in [0.5, 0.6) is 5.75 Å². The lowest BCUT2D eigenvalue weighted by molar-refractivity contribution is -0.122. The summed E-state index contributed by atoms with van der Waals surface area (Å²) in [7, 11) is 0. The zero-order valence-electron chi connectivity index (χ0n) is 15.3. The molecule has 3 amide bonds. The largest absolute Gasteiger partial charge is 0.435 e. The van der Waals surface area contributed by atoms with E-state index in [2.05, 4.69) is 10.1 Å². The van der Waals surface area contributed by atoms with E-state index in [4.69, 9.17) is 0 Å². The minimum atomic E-state index is -2.93. The van der Waals surface area contributed by atoms with Crippen molar-refractivity contribution < 1.29 is 32.3 Å². The van der Waals surface area contributed by atoms with Crippen LogP contribution in [0.15, 0.2) is 53.4 Å². The first-order valence-corrected chi connectivity index (χ1v) is 9.49. The molecular formula is C20H15F3N2O4S. The van der Waals surface area contributed by atoms with Crippen LogP contribution in [-0.4, -0.2) is 41.7 Å². The highest BCUT2D eigenvalue weighted by atomic mass is 32.2. The second kappa shape index (κ2) is 9.49. The monoisotopic (exact) mass is 436 g/mol. The fraction of sp³-hybridized carbons (Fsp3) is 0.150. The molecule has 1 aliphatic heterocycles. The van der Waals surface area contributed by atoms with Crippen molar-refractivity contribution in [2.45, 2.75) is 6.61 Å². The summed E-state index contributed by atoms with van der Waals surface area (Å²) >= 11 is 0.741. The van der Waals surface area contributed by atoms with E-state index in [1.165, 1.54) is 42.5 Å². The maximum atomic E-state index is 12.9. The minimum absolute atomic E-state index is 0.0212. The van der Waals surface area contributed by atoms with Crippen LogP contribution in [0.3, 0.4) is 0 Å². The van der Waals surface area contributed by atoms with Crippen LogP contribution in [0.4, 0.5) is 18.0 Å². The molecule has 0 saturated carbocycles. The summed E-state index contributed by atoms with van der Waals surface area (Å²) in [5.74, 6) is -1.46. The molecule has 1 heterocycles. The SMILES string of the molecule is O=C(NCCN1C(=O)S/C(=C\c2ccc(OC(F)F)cc2)C1=O)c1ccc(F)cc1. The molecular weight excluding hydrogens is 421 g/mol. The van der Waals surface area contributed by atoms with Gasteiger partial charge in [0.25, 0.3) is 17.1 Å². The first-order valence-electron chi connectivity index (χ1n) is 8.67. The molecule has 3 rings (SSSR count). The highest BCUT2D eigenvalue weighted by Gasteiger charge is 2.34. The van der Waals surface area contributed by atoms with Gasteiger partial charge in [0, 0.05) is 18.7 Å². The van der Waals surface area contributed by atoms with Gasteiger partial charge in [-0.05, 0) is 59.8 Å². The van der Waals surface area contributed by atoms with Crippen molar-refractivity contribution in [1.82, 2.24) is 10.2 Å². The summed E-state index contributed by atoms with van der Waals surface area (Å²) in [5, 5.41) is 2.08. The number of rotatable bonds is 7. The van der Waals surface area contributed by atoms with Crippen molar-refractivity contribution in [1.29, 1.82) is 0 Å². The number of ether oxygens (including phenoxy) is 1. The van der Waals surface area contributed by atoms with Crippen LogP contribution in [0.1, 0.15) is 15.9 Å². The normalized spacial score (nSPS) is 15.2. The van der Waals surface area contributed by atoms with Crippen LogP contribution in [0.25, 0.3) is 6.08 Å². The molecule has 0 aliphatic carbocycles. The van der Waals surface area contributed by atoms with Crippen molar-refractivity contribution in [3.63, 3.8) is 0 Å². The van der Waals surface area contributed by atoms with E-state index >= 15 is 0 Å². The molecule has 1 saturated heterocycles. The van der Waals surface area contributed by atoms with Crippen molar-refractivity contribution in [2.75, 3.05) is 13.1 Å². The van der Waals surface area contributed by atoms with E-state index < -0.39 is 29.5 Å². The summed E-state index contributed by atoms with van der Waals surface area (Å²) in [6.45, 7) is -2.94. The molecule has 0 atom stereocenters. The fourth-order valence-electron chi connectivity index (χ4n) is 2.57. The van der Waals surface area contributed by atoms with Gasteiger partial charge in [-0.15, -0.1) is 0 Å². The van der Waals surface area contributed by atoms with E-state index in [0.29, 0.717) is 5.56 Å². The van der Waals surface area contributed by atoms with Crippen LogP contribution in [0, 0.1) is 5.82 Å². The molecule has 1 aliphatic rings. The van der Waals surface area contributed by atoms with Crippen LogP contribution < -0.4 is 10.1 Å². The van der Waals surface area contributed by atoms with E-state index in [0.717, 1.165) is 28.8 Å². The first-order chi connectivity index (χ1) is 14.3. The third-order valence-electron chi connectivity index (χ3n) is 4.00. The number of hydrogen-bond acceptors (Lipinski definition) is 5. The lowest BCUT2D eigenvalue weighted by Crippen LogP contribution is -2.37. The molecule has 0 aromatic heterocycles. The first kappa shape index (κ1) is 21.4. The highest BCUT2D eigenvalue weighted by Crippen LogP contribution is 2.32. The number of halogens is 3. The summed E-state index contributed by atoms with van der Waals surface area (Å²) in [6, 6.07) is 10.6. The molecule has 0 unspecified atom stereocenters. The lowest BCUT2D eigenvalue weighted by Gasteiger charge is -2.13. The number of imide groups is 1. The second-order valence-corrected chi connectivity index (χ2v) is 7.04. The fourth-order valence-corrected chi connectivity index (χ4v) is 3.44. The summed E-state index contributed by atoms with van der Waals surface area (Å²) in [5.41, 5.74) is 0.788. The summed E-state index contributed by atoms with van der Waals surface area (Å²) < 4.78 is 41.5. The second-order valence-electron chi connectivity index (χ2n) is 6.04. The Morgan fingerprint density at radius 1 is 1.10 bits per heavy atom. The number of amides is 3. The Labute approximate surface area is 173 Å². The molecule has 0 radical (unpaired) electrons. The third kappa shape index (κ3) is 5.41. The van der Waals surface area contributed by atoms with Gasteiger partial charge in [-0.1, -0.05) is 12.1 Å². The Morgan fingerprint density at radius 3 is 2.40 bits per heavy atom. The van der Waals surface area contributed by atoms with Gasteiger partial charge in [0.1, 0.15) is 11.6 Å². The molecule has 2 aromatic rings. The average molecular weight is 436 g/mol. The van der Waals surface area contributed by atoms with Crippen molar-refractivity contribution >= 4 is 34.9 Å². The van der Waals surface area contributed by atoms with Gasteiger partial charge in [0.2, 0.25) is 0 Å². The molecule has 6 nitrogen and oxygen atoms in total. The molecule has 10 heteroatoms. The molecule has 1 N–H and O–H groups in total. The maximum absolute atomic E-state index is 12.9. The smallest absolute Gasteiger partial charge is 0.387 e. The quantitative estimate of drug-likeness (QED) is 0.667. The Bertz CT molecular complexity index is 979. The number of nitrogens with one attached hydrogen (secondary N) is 1. The molecule has 2 aromatic carbocycles. The van der Waals surface area contributed by atoms with E-state index in [-0.39, 0.29) is 29.3 Å². The molecule has 156 valence electrons. The molecule has 30 heavy (non-hydrogen) atoms. The topological polar surface area (TPSA) is 75.7 Å². The zero-order chi connectivity index (χ0) is 21.7. The predicted molar refractivity (Wildman–Crippen MR) is 104 cm³/mol. The number of hydrogen-bond donors (Lipinski definition) is 1. The molecule has 0 spiro atoms. The Hall–Kier alpha value is -3.27. The average Bonchev–Trinajstić information content (AvgIpc) is 2.97. The van der Waals surface area contributed by atoms with Crippen molar-refractivity contribution in [2.24, 2.45) is 0 Å². The number of carbonyl (C=O) groups excluding carboxylic acids is 3. The van der Waals surface area contributed by atoms with Gasteiger partial charge < -0.3 is 10.1 Å². The van der Waals surface area contributed by atoms with Gasteiger partial charge in [-0.25, -0.2) is 4.39 Å². The molecule has 0 bridgehead atoms. The Balaban J connectivity index is 1.57. The highest BCUT2D eigenvalue weighted by molar-refractivity contribution is 8.18. The Kier molecular flexibility index (Phi) is 6.78. The standard InChI is InChI=1S/C20H15F3N2O4S/c21-14-5-3-13(4-6-14)17(26)24-9-10-25-18(27)16(30-20(25)28)11-12-1-7-15(8-2-12)29-19(22)23/h1-8,11,19H,9-10H2,(H,24,26)/b16-11-. The zero-order valence-corrected chi connectivity index (χ0v) is 16.1. The van der Waals surface area contributed by atoms with Gasteiger partial charge in [0.05, 0.1) is 4.91 Å². The number of alkyl halides is 2. The minimum Gasteiger partial charge on any atom is -0.435 e. The number of thioether (sulfide) groups is 1. The van der Waals surface area contributed by atoms with Crippen molar-refractivity contribution in [3.8, 4) is 5.75 Å². The summed E-state index contributed by atoms with van der Waals surface area (Å²) in [6.07, 6.45) is 1.47. The van der Waals surface area contributed by atoms with Gasteiger partial charge in [-0.2, -0.15) is 8.78 Å². The van der Waals surface area contributed by atoms with Gasteiger partial charge in [-0.3, -0.25) is 19.3 Å². The van der Waals surface area contributed by atoms with Crippen LogP contribution >= 0.6 is 11.8 Å². The third-order valence-corrected chi connectivity index (χ3v) is 4.91. The van der Waals surface area contributed by atoms with E-state index in [9.17, 15) is 27.6 Å². The summed E-state index contributed by atoms with van der Waals surface area (Å²) in [4.78, 5) is 37.7. The lowest BCUT2D eigenvalue weighted by atomic mass is 10.2.